The molecule has 0 spiro atoms. The van der Waals surface area contributed by atoms with Crippen LogP contribution in [0.3, 0.4) is 0 Å². The van der Waals surface area contributed by atoms with E-state index in [1.54, 1.807) is 0 Å². The third-order valence-electron chi connectivity index (χ3n) is 3.43. The first-order chi connectivity index (χ1) is 9.56. The first kappa shape index (κ1) is 14.8. The molecule has 2 atom stereocenters. The number of likely N-dealkylation sites (N-methyl/N-ethyl adjacent to an activating group) is 1. The molecule has 0 aliphatic rings. The van der Waals surface area contributed by atoms with Gasteiger partial charge in [-0.15, -0.1) is 0 Å². The van der Waals surface area contributed by atoms with Crippen molar-refractivity contribution in [2.75, 3.05) is 20.6 Å². The largest absolute Gasteiger partial charge is 0.308 e. The van der Waals surface area contributed by atoms with Crippen molar-refractivity contribution in [2.45, 2.75) is 19.0 Å². The lowest BCUT2D eigenvalue weighted by atomic mass is 10.0. The summed E-state index contributed by atoms with van der Waals surface area (Å²) in [5, 5.41) is 7.94. The van der Waals surface area contributed by atoms with Crippen LogP contribution in [0.15, 0.2) is 42.7 Å². The van der Waals surface area contributed by atoms with Crippen molar-refractivity contribution in [1.29, 1.82) is 0 Å². The molecule has 0 amide bonds. The molecule has 108 valence electrons. The predicted octanol–water partition coefficient (Wildman–Crippen LogP) is 2.37. The molecule has 0 bridgehead atoms. The molecule has 2 unspecified atom stereocenters. The second-order valence-electron chi connectivity index (χ2n) is 5.56. The van der Waals surface area contributed by atoms with E-state index in [4.69, 9.17) is 0 Å². The predicted molar refractivity (Wildman–Crippen MR) is 82.5 cm³/mol. The van der Waals surface area contributed by atoms with Crippen LogP contribution in [0.1, 0.15) is 30.1 Å². The molecule has 0 fully saturated rings. The summed E-state index contributed by atoms with van der Waals surface area (Å²) in [7, 11) is 6.16. The first-order valence-corrected chi connectivity index (χ1v) is 7.00. The summed E-state index contributed by atoms with van der Waals surface area (Å²) in [6, 6.07) is 11.2. The van der Waals surface area contributed by atoms with Gasteiger partial charge in [0.1, 0.15) is 0 Å². The molecule has 1 heterocycles. The molecule has 1 aromatic carbocycles. The van der Waals surface area contributed by atoms with Gasteiger partial charge >= 0.3 is 0 Å². The minimum Gasteiger partial charge on any atom is -0.308 e. The summed E-state index contributed by atoms with van der Waals surface area (Å²) in [6.45, 7) is 3.15. The standard InChI is InChI=1S/C16H24N4/c1-13(15-10-17-20(4)11-15)18-16(12-19(2)3)14-8-6-5-7-9-14/h5-11,13,16,18H,12H2,1-4H3. The minimum atomic E-state index is 0.272. The van der Waals surface area contributed by atoms with Gasteiger partial charge in [-0.1, -0.05) is 30.3 Å². The van der Waals surface area contributed by atoms with Crippen LogP contribution in [0, 0.1) is 0 Å². The molecule has 1 aromatic heterocycles. The summed E-state index contributed by atoms with van der Waals surface area (Å²) in [6.07, 6.45) is 3.99. The molecule has 0 aliphatic carbocycles. The van der Waals surface area contributed by atoms with Crippen LogP contribution >= 0.6 is 0 Å². The average molecular weight is 272 g/mol. The van der Waals surface area contributed by atoms with Gasteiger partial charge in [-0.2, -0.15) is 5.10 Å². The zero-order valence-electron chi connectivity index (χ0n) is 12.7. The van der Waals surface area contributed by atoms with Gasteiger partial charge in [-0.25, -0.2) is 0 Å². The van der Waals surface area contributed by atoms with E-state index in [9.17, 15) is 0 Å². The van der Waals surface area contributed by atoms with E-state index in [-0.39, 0.29) is 6.04 Å². The van der Waals surface area contributed by atoms with Gasteiger partial charge in [0.2, 0.25) is 0 Å². The van der Waals surface area contributed by atoms with Crippen LogP contribution in [0.4, 0.5) is 0 Å². The van der Waals surface area contributed by atoms with Gasteiger partial charge in [0.15, 0.2) is 0 Å². The molecule has 4 heteroatoms. The van der Waals surface area contributed by atoms with Gasteiger partial charge in [0.05, 0.1) is 6.20 Å². The first-order valence-electron chi connectivity index (χ1n) is 7.00. The van der Waals surface area contributed by atoms with Crippen molar-refractivity contribution < 1.29 is 0 Å². The smallest absolute Gasteiger partial charge is 0.0537 e. The molecule has 1 N–H and O–H groups in total. The third kappa shape index (κ3) is 3.92. The molecule has 0 saturated carbocycles. The monoisotopic (exact) mass is 272 g/mol. The number of rotatable bonds is 6. The van der Waals surface area contributed by atoms with Crippen molar-refractivity contribution in [3.8, 4) is 0 Å². The minimum absolute atomic E-state index is 0.272. The molecule has 0 saturated heterocycles. The Morgan fingerprint density at radius 1 is 1.20 bits per heavy atom. The highest BCUT2D eigenvalue weighted by Crippen LogP contribution is 2.19. The van der Waals surface area contributed by atoms with E-state index in [0.717, 1.165) is 6.54 Å². The van der Waals surface area contributed by atoms with Crippen molar-refractivity contribution >= 4 is 0 Å². The Labute approximate surface area is 121 Å². The molecule has 0 aliphatic heterocycles. The SMILES string of the molecule is CC(NC(CN(C)C)c1ccccc1)c1cnn(C)c1. The summed E-state index contributed by atoms with van der Waals surface area (Å²) >= 11 is 0. The number of benzene rings is 1. The molecule has 20 heavy (non-hydrogen) atoms. The highest BCUT2D eigenvalue weighted by atomic mass is 15.2. The highest BCUT2D eigenvalue weighted by Gasteiger charge is 2.16. The highest BCUT2D eigenvalue weighted by molar-refractivity contribution is 5.20. The van der Waals surface area contributed by atoms with Gasteiger partial charge in [0, 0.05) is 37.4 Å². The number of hydrogen-bond donors (Lipinski definition) is 1. The number of aromatic nitrogens is 2. The van der Waals surface area contributed by atoms with Crippen LogP contribution < -0.4 is 5.32 Å². The lowest BCUT2D eigenvalue weighted by Gasteiger charge is -2.26. The Bertz CT molecular complexity index is 518. The summed E-state index contributed by atoms with van der Waals surface area (Å²) < 4.78 is 1.84. The molecule has 4 nitrogen and oxygen atoms in total. The Hall–Kier alpha value is -1.65. The molecular formula is C16H24N4. The van der Waals surface area contributed by atoms with Gasteiger partial charge in [0.25, 0.3) is 0 Å². The maximum atomic E-state index is 4.24. The molecule has 2 aromatic rings. The van der Waals surface area contributed by atoms with Crippen LogP contribution in [-0.2, 0) is 7.05 Å². The third-order valence-corrected chi connectivity index (χ3v) is 3.43. The Morgan fingerprint density at radius 2 is 1.90 bits per heavy atom. The van der Waals surface area contributed by atoms with E-state index < -0.39 is 0 Å². The van der Waals surface area contributed by atoms with Gasteiger partial charge in [-0.05, 0) is 26.6 Å². The van der Waals surface area contributed by atoms with E-state index in [2.05, 4.69) is 72.9 Å². The average Bonchev–Trinajstić information content (AvgIpc) is 2.85. The van der Waals surface area contributed by atoms with Crippen molar-refractivity contribution in [2.24, 2.45) is 7.05 Å². The lowest BCUT2D eigenvalue weighted by Crippen LogP contribution is -2.32. The second-order valence-corrected chi connectivity index (χ2v) is 5.56. The fourth-order valence-corrected chi connectivity index (χ4v) is 2.37. The maximum Gasteiger partial charge on any atom is 0.0537 e. The van der Waals surface area contributed by atoms with Gasteiger partial charge in [-0.3, -0.25) is 4.68 Å². The van der Waals surface area contributed by atoms with Gasteiger partial charge < -0.3 is 10.2 Å². The topological polar surface area (TPSA) is 33.1 Å². The Kier molecular flexibility index (Phi) is 4.93. The number of hydrogen-bond acceptors (Lipinski definition) is 3. The number of aryl methyl sites for hydroxylation is 1. The number of nitrogens with one attached hydrogen (secondary N) is 1. The Balaban J connectivity index is 2.11. The van der Waals surface area contributed by atoms with E-state index >= 15 is 0 Å². The zero-order valence-corrected chi connectivity index (χ0v) is 12.7. The van der Waals surface area contributed by atoms with E-state index in [1.165, 1.54) is 11.1 Å². The molecule has 0 radical (unpaired) electrons. The van der Waals surface area contributed by atoms with Crippen LogP contribution in [0.25, 0.3) is 0 Å². The number of nitrogens with zero attached hydrogens (tertiary/aromatic N) is 3. The quantitative estimate of drug-likeness (QED) is 0.876. The van der Waals surface area contributed by atoms with Crippen LogP contribution in [-0.4, -0.2) is 35.3 Å². The second kappa shape index (κ2) is 6.68. The van der Waals surface area contributed by atoms with E-state index in [1.807, 2.05) is 17.9 Å². The normalized spacial score (nSPS) is 14.4. The lowest BCUT2D eigenvalue weighted by molar-refractivity contribution is 0.325. The molecular weight excluding hydrogens is 248 g/mol. The summed E-state index contributed by atoms with van der Waals surface area (Å²) in [4.78, 5) is 2.21. The van der Waals surface area contributed by atoms with Crippen LogP contribution in [0.2, 0.25) is 0 Å². The zero-order chi connectivity index (χ0) is 14.5. The van der Waals surface area contributed by atoms with Crippen LogP contribution in [0.5, 0.6) is 0 Å². The fourth-order valence-electron chi connectivity index (χ4n) is 2.37. The van der Waals surface area contributed by atoms with Crippen molar-refractivity contribution in [1.82, 2.24) is 20.0 Å². The Morgan fingerprint density at radius 3 is 2.45 bits per heavy atom. The maximum absolute atomic E-state index is 4.24. The summed E-state index contributed by atoms with van der Waals surface area (Å²) in [5.74, 6) is 0. The summed E-state index contributed by atoms with van der Waals surface area (Å²) in [5.41, 5.74) is 2.53. The van der Waals surface area contributed by atoms with Crippen molar-refractivity contribution in [3.63, 3.8) is 0 Å². The molecule has 2 rings (SSSR count). The van der Waals surface area contributed by atoms with E-state index in [0.29, 0.717) is 6.04 Å². The fraction of sp³-hybridized carbons (Fsp3) is 0.438. The van der Waals surface area contributed by atoms with Crippen molar-refractivity contribution in [3.05, 3.63) is 53.9 Å².